The van der Waals surface area contributed by atoms with E-state index in [0.717, 1.165) is 21.0 Å². The molecule has 2 amide bonds. The summed E-state index contributed by atoms with van der Waals surface area (Å²) in [5.41, 5.74) is 2.91. The Morgan fingerprint density at radius 3 is 2.13 bits per heavy atom. The fraction of sp³-hybridized carbons (Fsp3) is 0.278. The molecule has 1 atom stereocenters. The van der Waals surface area contributed by atoms with Crippen LogP contribution in [-0.2, 0) is 32.6 Å². The molecule has 0 saturated heterocycles. The largest absolute Gasteiger partial charge is 0.486 e. The summed E-state index contributed by atoms with van der Waals surface area (Å²) in [5, 5.41) is 2.98. The van der Waals surface area contributed by atoms with Crippen molar-refractivity contribution in [2.75, 3.05) is 24.1 Å². The Labute approximate surface area is 270 Å². The first kappa shape index (κ1) is 32.6. The quantitative estimate of drug-likeness (QED) is 0.230. The van der Waals surface area contributed by atoms with Gasteiger partial charge >= 0.3 is 0 Å². The number of amides is 2. The van der Waals surface area contributed by atoms with Gasteiger partial charge in [0.25, 0.3) is 10.0 Å². The Kier molecular flexibility index (Phi) is 10.3. The van der Waals surface area contributed by atoms with Crippen LogP contribution in [0.4, 0.5) is 5.69 Å². The number of sulfonamides is 1. The smallest absolute Gasteiger partial charge is 0.264 e. The van der Waals surface area contributed by atoms with Gasteiger partial charge in [0.1, 0.15) is 25.8 Å². The van der Waals surface area contributed by atoms with E-state index in [9.17, 15) is 18.0 Å². The van der Waals surface area contributed by atoms with Crippen molar-refractivity contribution in [2.24, 2.45) is 0 Å². The molecule has 0 aliphatic carbocycles. The number of carbonyl (C=O) groups excluding carboxylic acids is 2. The molecule has 10 heteroatoms. The Morgan fingerprint density at radius 1 is 0.826 bits per heavy atom. The van der Waals surface area contributed by atoms with Crippen molar-refractivity contribution in [2.45, 2.75) is 50.7 Å². The summed E-state index contributed by atoms with van der Waals surface area (Å²) in [4.78, 5) is 30.0. The second kappa shape index (κ2) is 14.5. The Morgan fingerprint density at radius 2 is 1.46 bits per heavy atom. The van der Waals surface area contributed by atoms with Gasteiger partial charge in [0.05, 0.1) is 10.6 Å². The fourth-order valence-corrected chi connectivity index (χ4v) is 6.77. The number of nitrogens with one attached hydrogen (secondary N) is 1. The van der Waals surface area contributed by atoms with Crippen LogP contribution in [-0.4, -0.2) is 57.0 Å². The normalized spacial score (nSPS) is 13.1. The standard InChI is InChI=1S/C36H39N3O6S/c1-26(2)37-36(41)32(22-28-13-6-4-7-14-28)38(24-29-15-11-10-12-27(29)3)35(40)25-39(46(42,43)31-16-8-5-9-17-31)30-18-19-33-34(23-30)45-21-20-44-33/h4-19,23,26,32H,20-22,24-25H2,1-3H3,(H,37,41)/t32-/m1/s1. The number of anilines is 1. The van der Waals surface area contributed by atoms with Crippen LogP contribution in [0.5, 0.6) is 11.5 Å². The van der Waals surface area contributed by atoms with Crippen molar-refractivity contribution in [3.05, 3.63) is 120 Å². The van der Waals surface area contributed by atoms with Crippen LogP contribution in [0.25, 0.3) is 0 Å². The number of nitrogens with zero attached hydrogens (tertiary/aromatic N) is 2. The average Bonchev–Trinajstić information content (AvgIpc) is 3.06. The van der Waals surface area contributed by atoms with Crippen molar-refractivity contribution in [1.82, 2.24) is 10.2 Å². The predicted octanol–water partition coefficient (Wildman–Crippen LogP) is 5.13. The third-order valence-electron chi connectivity index (χ3n) is 7.73. The van der Waals surface area contributed by atoms with Gasteiger partial charge in [0, 0.05) is 25.1 Å². The first-order chi connectivity index (χ1) is 22.1. The summed E-state index contributed by atoms with van der Waals surface area (Å²) >= 11 is 0. The van der Waals surface area contributed by atoms with Gasteiger partial charge in [-0.2, -0.15) is 0 Å². The lowest BCUT2D eigenvalue weighted by Gasteiger charge is -2.34. The molecule has 0 fully saturated rings. The molecule has 0 spiro atoms. The molecule has 1 heterocycles. The maximum atomic E-state index is 14.6. The minimum absolute atomic E-state index is 0.0292. The molecule has 1 aliphatic rings. The predicted molar refractivity (Wildman–Crippen MR) is 177 cm³/mol. The van der Waals surface area contributed by atoms with Crippen LogP contribution in [0.3, 0.4) is 0 Å². The van der Waals surface area contributed by atoms with Crippen LogP contribution in [0, 0.1) is 6.92 Å². The second-order valence-corrected chi connectivity index (χ2v) is 13.3. The topological polar surface area (TPSA) is 105 Å². The maximum Gasteiger partial charge on any atom is 0.264 e. The minimum atomic E-state index is -4.23. The summed E-state index contributed by atoms with van der Waals surface area (Å²) in [5.74, 6) is 0.0300. The highest BCUT2D eigenvalue weighted by atomic mass is 32.2. The van der Waals surface area contributed by atoms with Crippen molar-refractivity contribution < 1.29 is 27.5 Å². The van der Waals surface area contributed by atoms with Gasteiger partial charge in [-0.1, -0.05) is 72.8 Å². The highest BCUT2D eigenvalue weighted by molar-refractivity contribution is 7.92. The lowest BCUT2D eigenvalue weighted by Crippen LogP contribution is -2.54. The minimum Gasteiger partial charge on any atom is -0.486 e. The van der Waals surface area contributed by atoms with Gasteiger partial charge in [-0.05, 0) is 61.7 Å². The van der Waals surface area contributed by atoms with E-state index in [1.807, 2.05) is 75.4 Å². The molecule has 1 aliphatic heterocycles. The molecule has 46 heavy (non-hydrogen) atoms. The van der Waals surface area contributed by atoms with E-state index in [4.69, 9.17) is 9.47 Å². The Hall–Kier alpha value is -4.83. The summed E-state index contributed by atoms with van der Waals surface area (Å²) in [6.45, 7) is 5.92. The monoisotopic (exact) mass is 641 g/mol. The number of fused-ring (bicyclic) bond motifs is 1. The van der Waals surface area contributed by atoms with Crippen LogP contribution in [0.2, 0.25) is 0 Å². The molecule has 4 aromatic carbocycles. The zero-order valence-corrected chi connectivity index (χ0v) is 27.1. The summed E-state index contributed by atoms with van der Waals surface area (Å²) in [7, 11) is -4.23. The summed E-state index contributed by atoms with van der Waals surface area (Å²) in [6, 6.07) is 28.8. The number of aryl methyl sites for hydroxylation is 1. The number of rotatable bonds is 12. The molecule has 9 nitrogen and oxygen atoms in total. The SMILES string of the molecule is Cc1ccccc1CN(C(=O)CN(c1ccc2c(c1)OCCO2)S(=O)(=O)c1ccccc1)[C@H](Cc1ccccc1)C(=O)NC(C)C. The third kappa shape index (κ3) is 7.69. The zero-order chi connectivity index (χ0) is 32.7. The van der Waals surface area contributed by atoms with Crippen LogP contribution in [0.1, 0.15) is 30.5 Å². The Balaban J connectivity index is 1.59. The molecule has 5 rings (SSSR count). The van der Waals surface area contributed by atoms with Crippen molar-refractivity contribution in [1.29, 1.82) is 0 Å². The van der Waals surface area contributed by atoms with Crippen molar-refractivity contribution >= 4 is 27.5 Å². The van der Waals surface area contributed by atoms with E-state index >= 15 is 0 Å². The van der Waals surface area contributed by atoms with E-state index in [1.54, 1.807) is 36.4 Å². The highest BCUT2D eigenvalue weighted by Crippen LogP contribution is 2.36. The lowest BCUT2D eigenvalue weighted by atomic mass is 10.0. The number of hydrogen-bond donors (Lipinski definition) is 1. The van der Waals surface area contributed by atoms with E-state index in [2.05, 4.69) is 5.32 Å². The first-order valence-corrected chi connectivity index (χ1v) is 16.7. The number of carbonyl (C=O) groups is 2. The van der Waals surface area contributed by atoms with Gasteiger partial charge < -0.3 is 19.7 Å². The molecule has 4 aromatic rings. The Bertz CT molecular complexity index is 1760. The average molecular weight is 642 g/mol. The van der Waals surface area contributed by atoms with E-state index < -0.39 is 28.5 Å². The maximum absolute atomic E-state index is 14.6. The molecular formula is C36H39N3O6S. The number of benzene rings is 4. The van der Waals surface area contributed by atoms with E-state index in [0.29, 0.717) is 24.7 Å². The molecule has 0 aromatic heterocycles. The lowest BCUT2D eigenvalue weighted by molar-refractivity contribution is -0.140. The molecule has 240 valence electrons. The molecular weight excluding hydrogens is 602 g/mol. The van der Waals surface area contributed by atoms with Gasteiger partial charge in [-0.15, -0.1) is 0 Å². The zero-order valence-electron chi connectivity index (χ0n) is 26.3. The number of hydrogen-bond acceptors (Lipinski definition) is 6. The highest BCUT2D eigenvalue weighted by Gasteiger charge is 2.35. The van der Waals surface area contributed by atoms with Crippen LogP contribution >= 0.6 is 0 Å². The molecule has 0 saturated carbocycles. The summed E-state index contributed by atoms with van der Waals surface area (Å²) in [6.07, 6.45) is 0.243. The number of ether oxygens (including phenoxy) is 2. The first-order valence-electron chi connectivity index (χ1n) is 15.3. The van der Waals surface area contributed by atoms with Crippen molar-refractivity contribution in [3.63, 3.8) is 0 Å². The van der Waals surface area contributed by atoms with E-state index in [1.165, 1.54) is 17.0 Å². The van der Waals surface area contributed by atoms with Gasteiger partial charge in [-0.25, -0.2) is 8.42 Å². The van der Waals surface area contributed by atoms with Crippen molar-refractivity contribution in [3.8, 4) is 11.5 Å². The molecule has 0 bridgehead atoms. The second-order valence-electron chi connectivity index (χ2n) is 11.5. The van der Waals surface area contributed by atoms with E-state index in [-0.39, 0.29) is 35.5 Å². The molecule has 0 radical (unpaired) electrons. The molecule has 1 N–H and O–H groups in total. The van der Waals surface area contributed by atoms with Gasteiger partial charge in [0.2, 0.25) is 11.8 Å². The third-order valence-corrected chi connectivity index (χ3v) is 9.52. The van der Waals surface area contributed by atoms with Gasteiger partial charge in [0.15, 0.2) is 11.5 Å². The van der Waals surface area contributed by atoms with Crippen LogP contribution in [0.15, 0.2) is 108 Å². The summed E-state index contributed by atoms with van der Waals surface area (Å²) < 4.78 is 40.9. The van der Waals surface area contributed by atoms with Crippen LogP contribution < -0.4 is 19.1 Å². The molecule has 0 unspecified atom stereocenters. The van der Waals surface area contributed by atoms with Gasteiger partial charge in [-0.3, -0.25) is 13.9 Å². The fourth-order valence-electron chi connectivity index (χ4n) is 5.34.